The molecule has 36 heavy (non-hydrogen) atoms. The lowest BCUT2D eigenvalue weighted by Gasteiger charge is -2.39. The molecule has 1 aromatic carbocycles. The van der Waals surface area contributed by atoms with E-state index in [4.69, 9.17) is 4.74 Å². The number of benzene rings is 1. The molecule has 1 aromatic rings. The van der Waals surface area contributed by atoms with Crippen LogP contribution < -0.4 is 5.32 Å². The Labute approximate surface area is 220 Å². The van der Waals surface area contributed by atoms with Crippen molar-refractivity contribution in [3.63, 3.8) is 0 Å². The van der Waals surface area contributed by atoms with Gasteiger partial charge in [-0.3, -0.25) is 9.59 Å². The average molecular weight is 515 g/mol. The van der Waals surface area contributed by atoms with Crippen LogP contribution in [0.2, 0.25) is 0 Å². The van der Waals surface area contributed by atoms with Gasteiger partial charge < -0.3 is 15.0 Å². The van der Waals surface area contributed by atoms with E-state index in [0.717, 1.165) is 38.6 Å². The molecule has 3 aliphatic rings. The molecule has 198 valence electrons. The molecule has 6 nitrogen and oxygen atoms in total. The molecule has 7 heteroatoms. The standard InChI is InChI=1S/C29H42N2O4S/c1-28(2)15-22-16-29(3,19-28)20-31(22)26(33)17-35-27(34)23-13-9-10-14-24(23)36-18-25(32)30-21-11-7-5-4-6-8-12-21/h9-10,13-14,21-22H,4-8,11-12,15-20H2,1-3H3,(H,30,32). The number of hydrogen-bond donors (Lipinski definition) is 1. The summed E-state index contributed by atoms with van der Waals surface area (Å²) < 4.78 is 5.49. The Balaban J connectivity index is 1.28. The zero-order chi connectivity index (χ0) is 25.8. The summed E-state index contributed by atoms with van der Waals surface area (Å²) in [5.41, 5.74) is 0.773. The molecule has 2 saturated carbocycles. The first-order valence-electron chi connectivity index (χ1n) is 13.6. The van der Waals surface area contributed by atoms with Crippen molar-refractivity contribution >= 4 is 29.5 Å². The number of rotatable bonds is 7. The third-order valence-corrected chi connectivity index (χ3v) is 9.07. The van der Waals surface area contributed by atoms with Crippen molar-refractivity contribution < 1.29 is 19.1 Å². The number of nitrogens with zero attached hydrogens (tertiary/aromatic N) is 1. The van der Waals surface area contributed by atoms with E-state index >= 15 is 0 Å². The fourth-order valence-electron chi connectivity index (χ4n) is 6.81. The van der Waals surface area contributed by atoms with Crippen molar-refractivity contribution in [1.82, 2.24) is 10.2 Å². The number of ether oxygens (including phenoxy) is 1. The third kappa shape index (κ3) is 7.05. The molecule has 1 heterocycles. The van der Waals surface area contributed by atoms with Gasteiger partial charge in [-0.25, -0.2) is 4.79 Å². The Bertz CT molecular complexity index is 956. The summed E-state index contributed by atoms with van der Waals surface area (Å²) in [5, 5.41) is 3.18. The first kappa shape index (κ1) is 27.0. The van der Waals surface area contributed by atoms with Crippen LogP contribution in [0.3, 0.4) is 0 Å². The maximum absolute atomic E-state index is 13.0. The topological polar surface area (TPSA) is 75.7 Å². The maximum atomic E-state index is 13.0. The number of hydrogen-bond acceptors (Lipinski definition) is 5. The summed E-state index contributed by atoms with van der Waals surface area (Å²) in [6, 6.07) is 7.65. The van der Waals surface area contributed by atoms with E-state index in [2.05, 4.69) is 26.1 Å². The molecule has 4 rings (SSSR count). The van der Waals surface area contributed by atoms with Gasteiger partial charge in [0.2, 0.25) is 5.91 Å². The predicted octanol–water partition coefficient (Wildman–Crippen LogP) is 5.59. The van der Waals surface area contributed by atoms with Gasteiger partial charge >= 0.3 is 5.97 Å². The summed E-state index contributed by atoms with van der Waals surface area (Å²) in [7, 11) is 0. The molecule has 1 N–H and O–H groups in total. The minimum Gasteiger partial charge on any atom is -0.452 e. The van der Waals surface area contributed by atoms with Gasteiger partial charge in [0.25, 0.3) is 5.91 Å². The van der Waals surface area contributed by atoms with Crippen molar-refractivity contribution in [3.8, 4) is 0 Å². The summed E-state index contributed by atoms with van der Waals surface area (Å²) in [5.74, 6) is -0.372. The van der Waals surface area contributed by atoms with Gasteiger partial charge in [0.1, 0.15) is 0 Å². The van der Waals surface area contributed by atoms with E-state index < -0.39 is 5.97 Å². The minimum absolute atomic E-state index is 0.000455. The Morgan fingerprint density at radius 2 is 1.72 bits per heavy atom. The molecule has 2 amide bonds. The third-order valence-electron chi connectivity index (χ3n) is 8.00. The quantitative estimate of drug-likeness (QED) is 0.379. The second-order valence-corrected chi connectivity index (χ2v) is 13.2. The molecular weight excluding hydrogens is 472 g/mol. The molecule has 1 saturated heterocycles. The van der Waals surface area contributed by atoms with Crippen LogP contribution in [0.5, 0.6) is 0 Å². The molecule has 2 bridgehead atoms. The van der Waals surface area contributed by atoms with Crippen LogP contribution in [0.4, 0.5) is 0 Å². The summed E-state index contributed by atoms with van der Waals surface area (Å²) in [6.45, 7) is 7.31. The summed E-state index contributed by atoms with van der Waals surface area (Å²) in [6.07, 6.45) is 11.3. The second kappa shape index (κ2) is 11.6. The minimum atomic E-state index is -0.513. The normalized spacial score (nSPS) is 26.1. The second-order valence-electron chi connectivity index (χ2n) is 12.2. The molecule has 0 aromatic heterocycles. The van der Waals surface area contributed by atoms with Gasteiger partial charge in [0, 0.05) is 23.5 Å². The van der Waals surface area contributed by atoms with Crippen LogP contribution in [-0.2, 0) is 14.3 Å². The lowest BCUT2D eigenvalue weighted by atomic mass is 9.65. The lowest BCUT2D eigenvalue weighted by Crippen LogP contribution is -2.39. The molecule has 2 unspecified atom stereocenters. The van der Waals surface area contributed by atoms with Crippen LogP contribution >= 0.6 is 11.8 Å². The Morgan fingerprint density at radius 3 is 2.47 bits per heavy atom. The van der Waals surface area contributed by atoms with Gasteiger partial charge in [-0.15, -0.1) is 11.8 Å². The number of esters is 1. The van der Waals surface area contributed by atoms with E-state index in [0.29, 0.717) is 10.5 Å². The van der Waals surface area contributed by atoms with Gasteiger partial charge in [0.15, 0.2) is 6.61 Å². The molecule has 1 aliphatic heterocycles. The highest BCUT2D eigenvalue weighted by molar-refractivity contribution is 8.00. The monoisotopic (exact) mass is 514 g/mol. The lowest BCUT2D eigenvalue weighted by molar-refractivity contribution is -0.135. The van der Waals surface area contributed by atoms with E-state index in [1.165, 1.54) is 43.9 Å². The molecular formula is C29H42N2O4S. The predicted molar refractivity (Wildman–Crippen MR) is 143 cm³/mol. The van der Waals surface area contributed by atoms with E-state index in [-0.39, 0.29) is 47.1 Å². The first-order valence-corrected chi connectivity index (χ1v) is 14.6. The Hall–Kier alpha value is -2.02. The number of fused-ring (bicyclic) bond motifs is 2. The molecule has 2 atom stereocenters. The molecule has 2 aliphatic carbocycles. The van der Waals surface area contributed by atoms with Crippen molar-refractivity contribution in [2.75, 3.05) is 18.9 Å². The highest BCUT2D eigenvalue weighted by atomic mass is 32.2. The van der Waals surface area contributed by atoms with Crippen LogP contribution in [0.15, 0.2) is 29.2 Å². The summed E-state index contributed by atoms with van der Waals surface area (Å²) >= 11 is 1.34. The molecule has 0 radical (unpaired) electrons. The van der Waals surface area contributed by atoms with Crippen LogP contribution in [0.1, 0.15) is 95.3 Å². The summed E-state index contributed by atoms with van der Waals surface area (Å²) in [4.78, 5) is 41.1. The molecule has 3 fully saturated rings. The zero-order valence-electron chi connectivity index (χ0n) is 22.1. The number of likely N-dealkylation sites (tertiary alicyclic amines) is 1. The van der Waals surface area contributed by atoms with E-state index in [9.17, 15) is 14.4 Å². The van der Waals surface area contributed by atoms with Crippen molar-refractivity contribution in [2.45, 2.75) is 102 Å². The van der Waals surface area contributed by atoms with Gasteiger partial charge in [-0.2, -0.15) is 0 Å². The van der Waals surface area contributed by atoms with Crippen molar-refractivity contribution in [1.29, 1.82) is 0 Å². The van der Waals surface area contributed by atoms with Crippen LogP contribution in [0.25, 0.3) is 0 Å². The zero-order valence-corrected chi connectivity index (χ0v) is 23.0. The van der Waals surface area contributed by atoms with E-state index in [1.54, 1.807) is 12.1 Å². The number of carbonyl (C=O) groups excluding carboxylic acids is 3. The van der Waals surface area contributed by atoms with Gasteiger partial charge in [-0.05, 0) is 55.1 Å². The first-order chi connectivity index (χ1) is 17.1. The fraction of sp³-hybridized carbons (Fsp3) is 0.690. The van der Waals surface area contributed by atoms with Crippen LogP contribution in [-0.4, -0.2) is 53.7 Å². The highest BCUT2D eigenvalue weighted by Crippen LogP contribution is 2.52. The number of amides is 2. The largest absolute Gasteiger partial charge is 0.452 e. The molecule has 0 spiro atoms. The maximum Gasteiger partial charge on any atom is 0.339 e. The SMILES string of the molecule is CC1(C)CC2CC(C)(CN2C(=O)COC(=O)c2ccccc2SCC(=O)NC2CCCCCCC2)C1. The van der Waals surface area contributed by atoms with Gasteiger partial charge in [-0.1, -0.05) is 65.0 Å². The Kier molecular flexibility index (Phi) is 8.69. The Morgan fingerprint density at radius 1 is 1.03 bits per heavy atom. The van der Waals surface area contributed by atoms with Crippen molar-refractivity contribution in [3.05, 3.63) is 29.8 Å². The average Bonchev–Trinajstić information content (AvgIpc) is 3.06. The highest BCUT2D eigenvalue weighted by Gasteiger charge is 2.50. The van der Waals surface area contributed by atoms with Crippen molar-refractivity contribution in [2.24, 2.45) is 10.8 Å². The number of thioether (sulfide) groups is 1. The number of nitrogens with one attached hydrogen (secondary N) is 1. The van der Waals surface area contributed by atoms with Crippen LogP contribution in [0, 0.1) is 10.8 Å². The fourth-order valence-corrected chi connectivity index (χ4v) is 7.67. The number of carbonyl (C=O) groups is 3. The van der Waals surface area contributed by atoms with E-state index in [1.807, 2.05) is 17.0 Å². The van der Waals surface area contributed by atoms with Gasteiger partial charge in [0.05, 0.1) is 11.3 Å². The smallest absolute Gasteiger partial charge is 0.339 e.